The van der Waals surface area contributed by atoms with Gasteiger partial charge in [-0.3, -0.25) is 4.79 Å². The molecule has 1 N–H and O–H groups in total. The van der Waals surface area contributed by atoms with E-state index in [1.807, 2.05) is 65.4 Å². The average molecular weight is 365 g/mol. The van der Waals surface area contributed by atoms with Gasteiger partial charge in [-0.2, -0.15) is 11.3 Å². The molecule has 132 valence electrons. The van der Waals surface area contributed by atoms with Gasteiger partial charge in [0.2, 0.25) is 5.91 Å². The van der Waals surface area contributed by atoms with Crippen molar-refractivity contribution in [2.45, 2.75) is 12.0 Å². The number of nitrogens with one attached hydrogen (secondary N) is 1. The molecule has 0 spiro atoms. The van der Waals surface area contributed by atoms with Crippen LogP contribution in [-0.2, 0) is 9.53 Å². The minimum Gasteiger partial charge on any atom is -0.457 e. The first-order valence-corrected chi connectivity index (χ1v) is 9.40. The number of para-hydroxylation sites is 2. The number of hydrogen-bond acceptors (Lipinski definition) is 4. The van der Waals surface area contributed by atoms with Gasteiger partial charge in [0.1, 0.15) is 17.6 Å². The van der Waals surface area contributed by atoms with Crippen molar-refractivity contribution >= 4 is 17.2 Å². The van der Waals surface area contributed by atoms with E-state index in [0.717, 1.165) is 28.2 Å². The second kappa shape index (κ2) is 7.32. The van der Waals surface area contributed by atoms with Gasteiger partial charge in [-0.15, -0.1) is 0 Å². The number of carbonyl (C=O) groups excluding carboxylic acids is 1. The summed E-state index contributed by atoms with van der Waals surface area (Å²) in [5.41, 5.74) is 2.84. The van der Waals surface area contributed by atoms with Crippen LogP contribution in [0.1, 0.15) is 28.7 Å². The number of ether oxygens (including phenoxy) is 2. The van der Waals surface area contributed by atoms with Gasteiger partial charge in [0.05, 0.1) is 5.92 Å². The van der Waals surface area contributed by atoms with E-state index in [1.54, 1.807) is 18.4 Å². The van der Waals surface area contributed by atoms with Gasteiger partial charge in [0.15, 0.2) is 0 Å². The Labute approximate surface area is 156 Å². The van der Waals surface area contributed by atoms with Crippen LogP contribution >= 0.6 is 11.3 Å². The monoisotopic (exact) mass is 365 g/mol. The van der Waals surface area contributed by atoms with Gasteiger partial charge < -0.3 is 14.8 Å². The number of carbonyl (C=O) groups is 1. The molecule has 5 heteroatoms. The highest BCUT2D eigenvalue weighted by Crippen LogP contribution is 2.43. The summed E-state index contributed by atoms with van der Waals surface area (Å²) in [6.07, 6.45) is -0.157. The van der Waals surface area contributed by atoms with Crippen molar-refractivity contribution < 1.29 is 14.3 Å². The molecule has 2 aromatic carbocycles. The number of fused-ring (bicyclic) bond motifs is 2. The molecule has 4 nitrogen and oxygen atoms in total. The molecule has 0 radical (unpaired) electrons. The maximum absolute atomic E-state index is 13.1. The van der Waals surface area contributed by atoms with Gasteiger partial charge in [-0.1, -0.05) is 36.4 Å². The van der Waals surface area contributed by atoms with E-state index in [-0.39, 0.29) is 12.0 Å². The highest BCUT2D eigenvalue weighted by molar-refractivity contribution is 7.07. The van der Waals surface area contributed by atoms with E-state index < -0.39 is 5.92 Å². The minimum atomic E-state index is -0.392. The fraction of sp³-hybridized carbons (Fsp3) is 0.190. The van der Waals surface area contributed by atoms with Crippen LogP contribution in [0.25, 0.3) is 0 Å². The second-order valence-corrected chi connectivity index (χ2v) is 6.92. The quantitative estimate of drug-likeness (QED) is 0.725. The van der Waals surface area contributed by atoms with Gasteiger partial charge >= 0.3 is 0 Å². The Bertz CT molecular complexity index is 862. The molecule has 3 aromatic rings. The van der Waals surface area contributed by atoms with Crippen LogP contribution in [-0.4, -0.2) is 19.6 Å². The predicted molar refractivity (Wildman–Crippen MR) is 102 cm³/mol. The Morgan fingerprint density at radius 2 is 1.77 bits per heavy atom. The molecule has 1 atom stereocenters. The van der Waals surface area contributed by atoms with Crippen LogP contribution in [0.2, 0.25) is 0 Å². The highest BCUT2D eigenvalue weighted by Gasteiger charge is 2.32. The minimum absolute atomic E-state index is 0.0505. The Morgan fingerprint density at radius 1 is 1.12 bits per heavy atom. The van der Waals surface area contributed by atoms with E-state index in [2.05, 4.69) is 5.32 Å². The van der Waals surface area contributed by atoms with E-state index in [4.69, 9.17) is 9.47 Å². The van der Waals surface area contributed by atoms with Crippen molar-refractivity contribution in [3.63, 3.8) is 0 Å². The zero-order valence-corrected chi connectivity index (χ0v) is 15.2. The zero-order chi connectivity index (χ0) is 17.9. The molecule has 1 aromatic heterocycles. The van der Waals surface area contributed by atoms with Gasteiger partial charge in [0.25, 0.3) is 0 Å². The molecule has 0 saturated carbocycles. The fourth-order valence-electron chi connectivity index (χ4n) is 3.28. The van der Waals surface area contributed by atoms with Crippen molar-refractivity contribution in [2.24, 2.45) is 0 Å². The lowest BCUT2D eigenvalue weighted by atomic mass is 9.87. The third-order valence-corrected chi connectivity index (χ3v) is 5.30. The fourth-order valence-corrected chi connectivity index (χ4v) is 3.98. The standard InChI is InChI=1S/C21H19NO3S/c1-24-19(14-10-11-26-13-14)12-22-21(23)20-15-6-2-4-8-17(15)25-18-9-5-3-7-16(18)20/h2-11,13,19-20H,12H2,1H3,(H,22,23). The molecular weight excluding hydrogens is 346 g/mol. The number of benzene rings is 2. The molecule has 0 saturated heterocycles. The van der Waals surface area contributed by atoms with Crippen molar-refractivity contribution in [3.05, 3.63) is 82.0 Å². The van der Waals surface area contributed by atoms with E-state index in [9.17, 15) is 4.79 Å². The number of methoxy groups -OCH3 is 1. The van der Waals surface area contributed by atoms with Crippen molar-refractivity contribution in [1.82, 2.24) is 5.32 Å². The van der Waals surface area contributed by atoms with Gasteiger partial charge in [-0.05, 0) is 34.5 Å². The maximum atomic E-state index is 13.1. The predicted octanol–water partition coefficient (Wildman–Crippen LogP) is 4.49. The van der Waals surface area contributed by atoms with Crippen LogP contribution in [0.4, 0.5) is 0 Å². The molecule has 26 heavy (non-hydrogen) atoms. The number of thiophene rings is 1. The average Bonchev–Trinajstić information content (AvgIpc) is 3.21. The summed E-state index contributed by atoms with van der Waals surface area (Å²) in [5, 5.41) is 7.11. The lowest BCUT2D eigenvalue weighted by Gasteiger charge is -2.28. The Kier molecular flexibility index (Phi) is 4.73. The first-order valence-electron chi connectivity index (χ1n) is 8.46. The van der Waals surface area contributed by atoms with E-state index >= 15 is 0 Å². The zero-order valence-electron chi connectivity index (χ0n) is 14.3. The Balaban J connectivity index is 1.59. The third-order valence-electron chi connectivity index (χ3n) is 4.60. The molecule has 0 aliphatic carbocycles. The molecule has 1 aliphatic heterocycles. The summed E-state index contributed by atoms with van der Waals surface area (Å²) in [6, 6.07) is 17.4. The largest absolute Gasteiger partial charge is 0.457 e. The number of hydrogen-bond donors (Lipinski definition) is 1. The van der Waals surface area contributed by atoms with Crippen LogP contribution in [0, 0.1) is 0 Å². The molecular formula is C21H19NO3S. The first kappa shape index (κ1) is 16.8. The molecule has 4 rings (SSSR count). The maximum Gasteiger partial charge on any atom is 0.232 e. The highest BCUT2D eigenvalue weighted by atomic mass is 32.1. The smallest absolute Gasteiger partial charge is 0.232 e. The summed E-state index contributed by atoms with van der Waals surface area (Å²) >= 11 is 1.62. The number of rotatable bonds is 5. The van der Waals surface area contributed by atoms with Gasteiger partial charge in [-0.25, -0.2) is 0 Å². The lowest BCUT2D eigenvalue weighted by Crippen LogP contribution is -2.34. The normalized spacial score (nSPS) is 14.0. The summed E-state index contributed by atoms with van der Waals surface area (Å²) in [6.45, 7) is 0.424. The molecule has 1 aliphatic rings. The number of amides is 1. The SMILES string of the molecule is COC(CNC(=O)C1c2ccccc2Oc2ccccc21)c1ccsc1. The molecule has 1 unspecified atom stereocenters. The second-order valence-electron chi connectivity index (χ2n) is 6.14. The summed E-state index contributed by atoms with van der Waals surface area (Å²) in [5.74, 6) is 1.02. The summed E-state index contributed by atoms with van der Waals surface area (Å²) in [4.78, 5) is 13.1. The van der Waals surface area contributed by atoms with Crippen LogP contribution in [0.15, 0.2) is 65.4 Å². The van der Waals surface area contributed by atoms with Crippen LogP contribution in [0.3, 0.4) is 0 Å². The molecule has 0 bridgehead atoms. The summed E-state index contributed by atoms with van der Waals surface area (Å²) < 4.78 is 11.5. The van der Waals surface area contributed by atoms with Crippen LogP contribution < -0.4 is 10.1 Å². The Hall–Kier alpha value is -2.63. The van der Waals surface area contributed by atoms with Crippen molar-refractivity contribution in [2.75, 3.05) is 13.7 Å². The van der Waals surface area contributed by atoms with Crippen molar-refractivity contribution in [1.29, 1.82) is 0 Å². The lowest BCUT2D eigenvalue weighted by molar-refractivity contribution is -0.122. The van der Waals surface area contributed by atoms with E-state index in [0.29, 0.717) is 6.54 Å². The third kappa shape index (κ3) is 3.11. The first-order chi connectivity index (χ1) is 12.8. The van der Waals surface area contributed by atoms with Crippen molar-refractivity contribution in [3.8, 4) is 11.5 Å². The molecule has 2 heterocycles. The topological polar surface area (TPSA) is 47.6 Å². The van der Waals surface area contributed by atoms with Gasteiger partial charge in [0, 0.05) is 24.8 Å². The Morgan fingerprint density at radius 3 is 2.35 bits per heavy atom. The molecule has 1 amide bonds. The summed E-state index contributed by atoms with van der Waals surface area (Å²) in [7, 11) is 1.66. The molecule has 0 fully saturated rings. The van der Waals surface area contributed by atoms with E-state index in [1.165, 1.54) is 0 Å². The van der Waals surface area contributed by atoms with Crippen LogP contribution in [0.5, 0.6) is 11.5 Å².